The number of hydrogen-bond donors (Lipinski definition) is 1. The molecule has 2 atom stereocenters. The second kappa shape index (κ2) is 11.4. The first-order valence-corrected chi connectivity index (χ1v) is 13.6. The van der Waals surface area contributed by atoms with Crippen LogP contribution in [0.2, 0.25) is 5.02 Å². The SMILES string of the molecule is [C-]#[N+]C1=C(C(=O)OC2C(C)CC(C)CC2C)c2nc(-c3ccccc3)nn2C1=Nc1ccc(NCC=O)cc1Cl. The number of aliphatic imine (C=N–C) groups is 1. The lowest BCUT2D eigenvalue weighted by molar-refractivity contribution is -0.150. The first kappa shape index (κ1) is 27.3. The molecule has 0 radical (unpaired) electrons. The van der Waals surface area contributed by atoms with Crippen molar-refractivity contribution in [3.05, 3.63) is 76.5 Å². The normalized spacial score (nSPS) is 23.0. The lowest BCUT2D eigenvalue weighted by Gasteiger charge is -2.37. The Bertz CT molecular complexity index is 1540. The van der Waals surface area contributed by atoms with Gasteiger partial charge in [0.1, 0.15) is 18.0 Å². The minimum Gasteiger partial charge on any atom is -0.459 e. The third-order valence-electron chi connectivity index (χ3n) is 7.30. The van der Waals surface area contributed by atoms with Crippen molar-refractivity contribution in [2.24, 2.45) is 22.7 Å². The number of hydrogen-bond acceptors (Lipinski definition) is 7. The molecule has 5 rings (SSSR count). The van der Waals surface area contributed by atoms with Gasteiger partial charge in [-0.3, -0.25) is 0 Å². The highest BCUT2D eigenvalue weighted by Gasteiger charge is 2.40. The summed E-state index contributed by atoms with van der Waals surface area (Å²) < 4.78 is 7.50. The van der Waals surface area contributed by atoms with Crippen LogP contribution in [0, 0.1) is 24.3 Å². The highest BCUT2D eigenvalue weighted by atomic mass is 35.5. The zero-order valence-electron chi connectivity index (χ0n) is 22.5. The van der Waals surface area contributed by atoms with Gasteiger partial charge in [0.15, 0.2) is 17.5 Å². The fraction of sp³-hybridized carbons (Fsp3) is 0.333. The fourth-order valence-corrected chi connectivity index (χ4v) is 5.86. The molecule has 9 nitrogen and oxygen atoms in total. The van der Waals surface area contributed by atoms with E-state index in [9.17, 15) is 9.59 Å². The Morgan fingerprint density at radius 3 is 2.58 bits per heavy atom. The maximum Gasteiger partial charge on any atom is 0.331 e. The highest BCUT2D eigenvalue weighted by molar-refractivity contribution is 6.34. The Morgan fingerprint density at radius 1 is 1.20 bits per heavy atom. The van der Waals surface area contributed by atoms with Crippen LogP contribution in [-0.2, 0) is 14.3 Å². The fourth-order valence-electron chi connectivity index (χ4n) is 5.63. The van der Waals surface area contributed by atoms with Crippen molar-refractivity contribution in [2.75, 3.05) is 11.9 Å². The summed E-state index contributed by atoms with van der Waals surface area (Å²) in [6, 6.07) is 14.4. The van der Waals surface area contributed by atoms with Gasteiger partial charge in [0.25, 0.3) is 0 Å². The first-order valence-electron chi connectivity index (χ1n) is 13.2. The molecule has 0 amide bonds. The number of anilines is 1. The van der Waals surface area contributed by atoms with Crippen LogP contribution in [0.1, 0.15) is 39.4 Å². The Hall–Kier alpha value is -4.29. The van der Waals surface area contributed by atoms with Crippen molar-refractivity contribution >= 4 is 46.6 Å². The number of aldehydes is 1. The third-order valence-corrected chi connectivity index (χ3v) is 7.61. The predicted octanol–water partition coefficient (Wildman–Crippen LogP) is 6.05. The van der Waals surface area contributed by atoms with Gasteiger partial charge in [-0.25, -0.2) is 24.3 Å². The summed E-state index contributed by atoms with van der Waals surface area (Å²) in [7, 11) is 0. The van der Waals surface area contributed by atoms with Crippen LogP contribution in [0.3, 0.4) is 0 Å². The van der Waals surface area contributed by atoms with E-state index >= 15 is 0 Å². The zero-order chi connectivity index (χ0) is 28.4. The number of esters is 1. The monoisotopic (exact) mass is 556 g/mol. The maximum atomic E-state index is 13.8. The number of fused-ring (bicyclic) bond motifs is 1. The number of carbonyl (C=O) groups excluding carboxylic acids is 2. The Labute approximate surface area is 237 Å². The van der Waals surface area contributed by atoms with E-state index in [2.05, 4.69) is 46.0 Å². The summed E-state index contributed by atoms with van der Waals surface area (Å²) in [5.74, 6) is 1.07. The molecule has 1 aliphatic carbocycles. The summed E-state index contributed by atoms with van der Waals surface area (Å²) in [5.41, 5.74) is 1.82. The van der Waals surface area contributed by atoms with Gasteiger partial charge in [0, 0.05) is 11.3 Å². The molecule has 0 bridgehead atoms. The summed E-state index contributed by atoms with van der Waals surface area (Å²) in [5, 5.41) is 7.87. The molecule has 2 aliphatic rings. The van der Waals surface area contributed by atoms with E-state index in [-0.39, 0.29) is 47.4 Å². The Balaban J connectivity index is 1.59. The van der Waals surface area contributed by atoms with Crippen molar-refractivity contribution in [2.45, 2.75) is 39.7 Å². The van der Waals surface area contributed by atoms with E-state index in [0.717, 1.165) is 24.7 Å². The van der Waals surface area contributed by atoms with E-state index in [1.165, 1.54) is 4.68 Å². The van der Waals surface area contributed by atoms with E-state index in [1.807, 2.05) is 30.3 Å². The molecule has 2 unspecified atom stereocenters. The maximum absolute atomic E-state index is 13.8. The van der Waals surface area contributed by atoms with E-state index in [4.69, 9.17) is 22.9 Å². The molecule has 2 heterocycles. The second-order valence-electron chi connectivity index (χ2n) is 10.4. The number of ether oxygens (including phenoxy) is 1. The van der Waals surface area contributed by atoms with Gasteiger partial charge in [-0.1, -0.05) is 62.7 Å². The molecule has 3 aromatic rings. The summed E-state index contributed by atoms with van der Waals surface area (Å²) >= 11 is 6.51. The molecule has 10 heteroatoms. The molecule has 1 saturated carbocycles. The molecule has 1 aliphatic heterocycles. The van der Waals surface area contributed by atoms with Crippen molar-refractivity contribution in [1.82, 2.24) is 14.8 Å². The molecule has 204 valence electrons. The standard InChI is InChI=1S/C30H29ClN6O3/c1-17-14-18(2)26(19(3)15-17)40-30(39)24-25(32-4)29(34-23-11-10-21(16-22(23)31)33-12-13-38)37-28(24)35-27(36-37)20-8-6-5-7-9-20/h5-11,13,16-19,26,33H,12,14-15H2,1-3H3. The quantitative estimate of drug-likeness (QED) is 0.216. The largest absolute Gasteiger partial charge is 0.459 e. The number of allylic oxidation sites excluding steroid dienone is 1. The molecular formula is C30H29ClN6O3. The van der Waals surface area contributed by atoms with Gasteiger partial charge in [-0.15, -0.1) is 5.10 Å². The average Bonchev–Trinajstić information content (AvgIpc) is 3.48. The second-order valence-corrected chi connectivity index (χ2v) is 10.8. The number of halogens is 1. The van der Waals surface area contributed by atoms with Crippen LogP contribution in [0.25, 0.3) is 21.8 Å². The van der Waals surface area contributed by atoms with Crippen LogP contribution in [0.5, 0.6) is 0 Å². The van der Waals surface area contributed by atoms with Crippen LogP contribution in [0.15, 0.2) is 59.2 Å². The molecule has 1 N–H and O–H groups in total. The summed E-state index contributed by atoms with van der Waals surface area (Å²) in [6.45, 7) is 14.5. The molecule has 1 fully saturated rings. The van der Waals surface area contributed by atoms with E-state index in [1.54, 1.807) is 18.2 Å². The molecule has 40 heavy (non-hydrogen) atoms. The highest BCUT2D eigenvalue weighted by Crippen LogP contribution is 2.38. The van der Waals surface area contributed by atoms with Crippen LogP contribution in [-0.4, -0.2) is 45.5 Å². The smallest absolute Gasteiger partial charge is 0.331 e. The molecule has 2 aromatic carbocycles. The van der Waals surface area contributed by atoms with Gasteiger partial charge < -0.3 is 14.8 Å². The van der Waals surface area contributed by atoms with Crippen LogP contribution in [0.4, 0.5) is 11.4 Å². The van der Waals surface area contributed by atoms with Crippen LogP contribution < -0.4 is 5.32 Å². The summed E-state index contributed by atoms with van der Waals surface area (Å²) in [4.78, 5) is 37.5. The number of rotatable bonds is 7. The molecule has 0 spiro atoms. The van der Waals surface area contributed by atoms with Gasteiger partial charge in [0.2, 0.25) is 5.70 Å². The molecular weight excluding hydrogens is 528 g/mol. The van der Waals surface area contributed by atoms with Crippen molar-refractivity contribution < 1.29 is 14.3 Å². The third kappa shape index (κ3) is 5.27. The van der Waals surface area contributed by atoms with Crippen molar-refractivity contribution in [3.63, 3.8) is 0 Å². The van der Waals surface area contributed by atoms with E-state index in [0.29, 0.717) is 28.1 Å². The minimum atomic E-state index is -0.609. The number of nitrogens with one attached hydrogen (secondary N) is 1. The number of carbonyl (C=O) groups is 2. The van der Waals surface area contributed by atoms with Crippen LogP contribution >= 0.6 is 11.6 Å². The number of aromatic nitrogens is 3. The Morgan fingerprint density at radius 2 is 1.93 bits per heavy atom. The lowest BCUT2D eigenvalue weighted by Crippen LogP contribution is -2.37. The van der Waals surface area contributed by atoms with Gasteiger partial charge in [-0.2, -0.15) is 0 Å². The molecule has 1 aromatic heterocycles. The molecule has 0 saturated heterocycles. The van der Waals surface area contributed by atoms with Crippen molar-refractivity contribution in [1.29, 1.82) is 0 Å². The van der Waals surface area contributed by atoms with Gasteiger partial charge in [0.05, 0.1) is 23.8 Å². The number of benzene rings is 2. The van der Waals surface area contributed by atoms with Crippen molar-refractivity contribution in [3.8, 4) is 11.4 Å². The number of nitrogens with zero attached hydrogens (tertiary/aromatic N) is 5. The minimum absolute atomic E-state index is 0.00307. The summed E-state index contributed by atoms with van der Waals surface area (Å²) in [6.07, 6.45) is 2.41. The van der Waals surface area contributed by atoms with Gasteiger partial charge in [-0.05, 0) is 48.8 Å². The zero-order valence-corrected chi connectivity index (χ0v) is 23.2. The van der Waals surface area contributed by atoms with E-state index < -0.39 is 5.97 Å². The topological polar surface area (TPSA) is 103 Å². The average molecular weight is 557 g/mol. The van der Waals surface area contributed by atoms with Gasteiger partial charge >= 0.3 is 5.97 Å². The predicted molar refractivity (Wildman–Crippen MR) is 154 cm³/mol. The first-order chi connectivity index (χ1) is 19.3. The lowest BCUT2D eigenvalue weighted by atomic mass is 9.75. The Kier molecular flexibility index (Phi) is 7.81.